The van der Waals surface area contributed by atoms with E-state index in [2.05, 4.69) is 5.32 Å². The Balaban J connectivity index is 2.10. The number of benzene rings is 1. The molecule has 2 N–H and O–H groups in total. The van der Waals surface area contributed by atoms with Crippen LogP contribution in [0.4, 0.5) is 5.69 Å². The van der Waals surface area contributed by atoms with Crippen molar-refractivity contribution >= 4 is 17.3 Å². The van der Waals surface area contributed by atoms with E-state index in [0.29, 0.717) is 0 Å². The molecule has 3 heteroatoms. The molecular formula is C14H14N2O. The van der Waals surface area contributed by atoms with Gasteiger partial charge in [0.1, 0.15) is 0 Å². The van der Waals surface area contributed by atoms with Crippen molar-refractivity contribution in [2.24, 2.45) is 7.05 Å². The Morgan fingerprint density at radius 2 is 2.06 bits per heavy atom. The van der Waals surface area contributed by atoms with Crippen LogP contribution in [0.2, 0.25) is 0 Å². The maximum absolute atomic E-state index is 10.0. The number of nitrogens with one attached hydrogen (secondary N) is 1. The van der Waals surface area contributed by atoms with Gasteiger partial charge in [0.15, 0.2) is 6.23 Å². The van der Waals surface area contributed by atoms with Crippen molar-refractivity contribution in [1.82, 2.24) is 4.57 Å². The fourth-order valence-corrected chi connectivity index (χ4v) is 2.17. The van der Waals surface area contributed by atoms with Crippen LogP contribution in [0.1, 0.15) is 11.3 Å². The second-order valence-corrected chi connectivity index (χ2v) is 4.24. The average Bonchev–Trinajstić information content (AvgIpc) is 2.85. The van der Waals surface area contributed by atoms with Gasteiger partial charge in [0.25, 0.3) is 0 Å². The Kier molecular flexibility index (Phi) is 2.27. The first-order valence-electron chi connectivity index (χ1n) is 5.62. The molecule has 3 nitrogen and oxygen atoms in total. The number of nitrogens with zero attached hydrogens (tertiary/aromatic N) is 1. The van der Waals surface area contributed by atoms with Gasteiger partial charge in [-0.3, -0.25) is 0 Å². The fraction of sp³-hybridized carbons (Fsp3) is 0.143. The summed E-state index contributed by atoms with van der Waals surface area (Å²) >= 11 is 0. The van der Waals surface area contributed by atoms with Crippen molar-refractivity contribution in [1.29, 1.82) is 0 Å². The number of aryl methyl sites for hydroxylation is 1. The Bertz CT molecular complexity index is 583. The third kappa shape index (κ3) is 1.65. The normalized spacial score (nSPS) is 20.4. The van der Waals surface area contributed by atoms with Crippen LogP contribution in [0, 0.1) is 0 Å². The number of fused-ring (bicyclic) bond motifs is 1. The van der Waals surface area contributed by atoms with Gasteiger partial charge in [-0.2, -0.15) is 0 Å². The molecule has 0 fully saturated rings. The lowest BCUT2D eigenvalue weighted by molar-refractivity contribution is 0.266. The Labute approximate surface area is 100 Å². The molecule has 0 radical (unpaired) electrons. The Morgan fingerprint density at radius 1 is 1.24 bits per heavy atom. The molecule has 0 saturated carbocycles. The highest BCUT2D eigenvalue weighted by atomic mass is 16.3. The van der Waals surface area contributed by atoms with Gasteiger partial charge in [-0.25, -0.2) is 0 Å². The summed E-state index contributed by atoms with van der Waals surface area (Å²) in [6.07, 6.45) is 3.39. The van der Waals surface area contributed by atoms with E-state index in [-0.39, 0.29) is 0 Å². The van der Waals surface area contributed by atoms with Crippen molar-refractivity contribution < 1.29 is 5.11 Å². The first-order valence-corrected chi connectivity index (χ1v) is 5.62. The van der Waals surface area contributed by atoms with E-state index >= 15 is 0 Å². The van der Waals surface area contributed by atoms with Crippen LogP contribution in [0.3, 0.4) is 0 Å². The lowest BCUT2D eigenvalue weighted by Crippen LogP contribution is -2.12. The van der Waals surface area contributed by atoms with E-state index < -0.39 is 6.23 Å². The number of para-hydroxylation sites is 1. The molecule has 2 aromatic rings. The second-order valence-electron chi connectivity index (χ2n) is 4.24. The van der Waals surface area contributed by atoms with Crippen molar-refractivity contribution in [3.63, 3.8) is 0 Å². The molecule has 3 rings (SSSR count). The Hall–Kier alpha value is -2.00. The van der Waals surface area contributed by atoms with Crippen molar-refractivity contribution in [3.05, 3.63) is 53.9 Å². The molecule has 1 unspecified atom stereocenters. The van der Waals surface area contributed by atoms with E-state index in [9.17, 15) is 5.11 Å². The summed E-state index contributed by atoms with van der Waals surface area (Å²) in [5, 5.41) is 13.1. The van der Waals surface area contributed by atoms with Crippen LogP contribution in [0.5, 0.6) is 0 Å². The van der Waals surface area contributed by atoms with Crippen LogP contribution < -0.4 is 5.32 Å². The number of hydrogen-bond donors (Lipinski definition) is 2. The van der Waals surface area contributed by atoms with Gasteiger partial charge in [0.2, 0.25) is 0 Å². The van der Waals surface area contributed by atoms with E-state index in [1.54, 1.807) is 0 Å². The Morgan fingerprint density at radius 3 is 2.82 bits per heavy atom. The monoisotopic (exact) mass is 226 g/mol. The van der Waals surface area contributed by atoms with E-state index in [1.165, 1.54) is 0 Å². The molecule has 0 saturated heterocycles. The number of aliphatic hydroxyl groups is 1. The summed E-state index contributed by atoms with van der Waals surface area (Å²) in [6.45, 7) is 0. The van der Waals surface area contributed by atoms with Crippen LogP contribution in [-0.4, -0.2) is 15.9 Å². The highest BCUT2D eigenvalue weighted by Crippen LogP contribution is 2.34. The number of anilines is 1. The number of rotatable bonds is 1. The molecule has 0 spiro atoms. The number of aliphatic hydroxyl groups excluding tert-OH is 1. The summed E-state index contributed by atoms with van der Waals surface area (Å²) in [4.78, 5) is 0. The van der Waals surface area contributed by atoms with Crippen LogP contribution in [0.15, 0.2) is 42.6 Å². The molecule has 1 aliphatic heterocycles. The third-order valence-electron chi connectivity index (χ3n) is 3.11. The zero-order valence-corrected chi connectivity index (χ0v) is 9.59. The molecule has 1 aliphatic rings. The molecule has 2 heterocycles. The minimum absolute atomic E-state index is 0.623. The summed E-state index contributed by atoms with van der Waals surface area (Å²) in [6, 6.07) is 12.0. The van der Waals surface area contributed by atoms with E-state index in [4.69, 9.17) is 0 Å². The summed E-state index contributed by atoms with van der Waals surface area (Å²) < 4.78 is 2.03. The lowest BCUT2D eigenvalue weighted by atomic mass is 10.1. The van der Waals surface area contributed by atoms with Crippen molar-refractivity contribution in [2.45, 2.75) is 6.23 Å². The van der Waals surface area contributed by atoms with Crippen LogP contribution in [-0.2, 0) is 7.05 Å². The molecule has 86 valence electrons. The minimum Gasteiger partial charge on any atom is -0.369 e. The average molecular weight is 226 g/mol. The quantitative estimate of drug-likeness (QED) is 0.783. The van der Waals surface area contributed by atoms with Crippen molar-refractivity contribution in [2.75, 3.05) is 5.32 Å². The zero-order valence-electron chi connectivity index (χ0n) is 9.59. The van der Waals surface area contributed by atoms with Gasteiger partial charge in [0.05, 0.1) is 0 Å². The second kappa shape index (κ2) is 3.79. The van der Waals surface area contributed by atoms with Crippen molar-refractivity contribution in [3.8, 4) is 0 Å². The first kappa shape index (κ1) is 10.2. The largest absolute Gasteiger partial charge is 0.369 e. The van der Waals surface area contributed by atoms with Crippen LogP contribution >= 0.6 is 0 Å². The maximum Gasteiger partial charge on any atom is 0.151 e. The lowest BCUT2D eigenvalue weighted by Gasteiger charge is -2.06. The fourth-order valence-electron chi connectivity index (χ4n) is 2.17. The molecule has 0 aliphatic carbocycles. The molecule has 1 atom stereocenters. The van der Waals surface area contributed by atoms with Gasteiger partial charge < -0.3 is 15.0 Å². The number of aromatic nitrogens is 1. The smallest absolute Gasteiger partial charge is 0.151 e. The van der Waals surface area contributed by atoms with Gasteiger partial charge >= 0.3 is 0 Å². The van der Waals surface area contributed by atoms with Gasteiger partial charge in [-0.15, -0.1) is 0 Å². The number of hydrogen-bond acceptors (Lipinski definition) is 2. The third-order valence-corrected chi connectivity index (χ3v) is 3.11. The topological polar surface area (TPSA) is 37.2 Å². The summed E-state index contributed by atoms with van der Waals surface area (Å²) in [5.74, 6) is 0. The highest BCUT2D eigenvalue weighted by Gasteiger charge is 2.23. The molecule has 17 heavy (non-hydrogen) atoms. The SMILES string of the molecule is Cn1cccc1/C=C1/c2ccccc2NC1O. The summed E-state index contributed by atoms with van der Waals surface area (Å²) in [7, 11) is 1.99. The van der Waals surface area contributed by atoms with E-state index in [0.717, 1.165) is 22.5 Å². The maximum atomic E-state index is 10.0. The molecule has 0 amide bonds. The molecule has 0 bridgehead atoms. The predicted molar refractivity (Wildman–Crippen MR) is 69.4 cm³/mol. The summed E-state index contributed by atoms with van der Waals surface area (Å²) in [5.41, 5.74) is 4.06. The van der Waals surface area contributed by atoms with Crippen LogP contribution in [0.25, 0.3) is 11.6 Å². The minimum atomic E-state index is -0.623. The molecule has 1 aromatic heterocycles. The standard InChI is InChI=1S/C14H14N2O/c1-16-8-4-5-10(16)9-12-11-6-2-3-7-13(11)15-14(12)17/h2-9,14-15,17H,1H3/b12-9-. The van der Waals surface area contributed by atoms with Gasteiger partial charge in [-0.1, -0.05) is 18.2 Å². The van der Waals surface area contributed by atoms with E-state index in [1.807, 2.05) is 60.3 Å². The first-order chi connectivity index (χ1) is 8.25. The zero-order chi connectivity index (χ0) is 11.8. The molecular weight excluding hydrogens is 212 g/mol. The van der Waals surface area contributed by atoms with Gasteiger partial charge in [0, 0.05) is 35.8 Å². The highest BCUT2D eigenvalue weighted by molar-refractivity contribution is 5.93. The van der Waals surface area contributed by atoms with Gasteiger partial charge in [-0.05, 0) is 24.3 Å². The molecule has 1 aromatic carbocycles. The predicted octanol–water partition coefficient (Wildman–Crippen LogP) is 2.31.